The zero-order valence-electron chi connectivity index (χ0n) is 14.7. The SMILES string of the molecule is Cc1ccc(/C(C#N)=C/c2cc(Br)ccc2OCc2ccc(Cl)cc2)cc1. The van der Waals surface area contributed by atoms with E-state index in [-0.39, 0.29) is 0 Å². The zero-order valence-corrected chi connectivity index (χ0v) is 17.1. The molecular weight excluding hydrogens is 422 g/mol. The number of rotatable bonds is 5. The third-order valence-electron chi connectivity index (χ3n) is 4.06. The maximum atomic E-state index is 9.62. The van der Waals surface area contributed by atoms with Crippen LogP contribution in [0, 0.1) is 18.3 Å². The lowest BCUT2D eigenvalue weighted by Gasteiger charge is -2.11. The number of benzene rings is 3. The van der Waals surface area contributed by atoms with Gasteiger partial charge < -0.3 is 4.74 Å². The Morgan fingerprint density at radius 1 is 1.07 bits per heavy atom. The lowest BCUT2D eigenvalue weighted by Crippen LogP contribution is -1.97. The number of ether oxygens (including phenoxy) is 1. The number of nitriles is 1. The Hall–Kier alpha value is -2.54. The molecule has 0 bridgehead atoms. The number of nitrogens with zero attached hydrogens (tertiary/aromatic N) is 1. The number of aryl methyl sites for hydroxylation is 1. The van der Waals surface area contributed by atoms with E-state index >= 15 is 0 Å². The second kappa shape index (κ2) is 8.90. The van der Waals surface area contributed by atoms with E-state index in [1.165, 1.54) is 0 Å². The van der Waals surface area contributed by atoms with Gasteiger partial charge in [-0.25, -0.2) is 0 Å². The average Bonchev–Trinajstić information content (AvgIpc) is 2.67. The van der Waals surface area contributed by atoms with Crippen molar-refractivity contribution in [3.63, 3.8) is 0 Å². The number of allylic oxidation sites excluding steroid dienone is 1. The van der Waals surface area contributed by atoms with Gasteiger partial charge in [0.05, 0.1) is 11.6 Å². The predicted octanol–water partition coefficient (Wildman–Crippen LogP) is 7.05. The van der Waals surface area contributed by atoms with E-state index in [9.17, 15) is 5.26 Å². The van der Waals surface area contributed by atoms with Gasteiger partial charge in [0.1, 0.15) is 12.4 Å². The molecule has 3 rings (SSSR count). The quantitative estimate of drug-likeness (QED) is 0.316. The first-order valence-electron chi connectivity index (χ1n) is 8.41. The van der Waals surface area contributed by atoms with Crippen molar-refractivity contribution in [1.29, 1.82) is 5.26 Å². The molecule has 0 spiro atoms. The molecule has 0 atom stereocenters. The Morgan fingerprint density at radius 3 is 2.44 bits per heavy atom. The summed E-state index contributed by atoms with van der Waals surface area (Å²) in [6.07, 6.45) is 1.85. The van der Waals surface area contributed by atoms with Gasteiger partial charge in [0, 0.05) is 15.1 Å². The van der Waals surface area contributed by atoms with Crippen molar-refractivity contribution in [3.05, 3.63) is 98.5 Å². The molecule has 0 amide bonds. The minimum atomic E-state index is 0.423. The van der Waals surface area contributed by atoms with Crippen LogP contribution in [0.15, 0.2) is 71.2 Å². The van der Waals surface area contributed by atoms with Crippen LogP contribution in [0.1, 0.15) is 22.3 Å². The fraction of sp³-hybridized carbons (Fsp3) is 0.0870. The molecule has 0 aliphatic rings. The topological polar surface area (TPSA) is 33.0 Å². The van der Waals surface area contributed by atoms with Crippen molar-refractivity contribution >= 4 is 39.2 Å². The maximum absolute atomic E-state index is 9.62. The monoisotopic (exact) mass is 437 g/mol. The van der Waals surface area contributed by atoms with E-state index in [1.54, 1.807) is 0 Å². The van der Waals surface area contributed by atoms with Gasteiger partial charge in [0.2, 0.25) is 0 Å². The van der Waals surface area contributed by atoms with Crippen molar-refractivity contribution in [2.45, 2.75) is 13.5 Å². The molecule has 2 nitrogen and oxygen atoms in total. The molecule has 0 aliphatic carbocycles. The van der Waals surface area contributed by atoms with Gasteiger partial charge in [-0.15, -0.1) is 0 Å². The number of hydrogen-bond donors (Lipinski definition) is 0. The first-order chi connectivity index (χ1) is 13.0. The summed E-state index contributed by atoms with van der Waals surface area (Å²) < 4.78 is 6.93. The van der Waals surface area contributed by atoms with Gasteiger partial charge in [0.15, 0.2) is 0 Å². The first-order valence-corrected chi connectivity index (χ1v) is 9.58. The number of hydrogen-bond acceptors (Lipinski definition) is 2. The second-order valence-electron chi connectivity index (χ2n) is 6.13. The molecule has 0 fully saturated rings. The summed E-state index contributed by atoms with van der Waals surface area (Å²) in [5, 5.41) is 10.3. The highest BCUT2D eigenvalue weighted by atomic mass is 79.9. The van der Waals surface area contributed by atoms with Crippen molar-refractivity contribution in [2.24, 2.45) is 0 Å². The molecule has 0 saturated carbocycles. The molecule has 0 unspecified atom stereocenters. The summed E-state index contributed by atoms with van der Waals surface area (Å²) in [6, 6.07) is 23.5. The van der Waals surface area contributed by atoms with Crippen LogP contribution < -0.4 is 4.74 Å². The van der Waals surface area contributed by atoms with Gasteiger partial charge in [-0.1, -0.05) is 69.5 Å². The van der Waals surface area contributed by atoms with E-state index in [0.717, 1.165) is 26.7 Å². The summed E-state index contributed by atoms with van der Waals surface area (Å²) in [7, 11) is 0. The van der Waals surface area contributed by atoms with E-state index in [0.29, 0.717) is 23.0 Å². The van der Waals surface area contributed by atoms with Crippen molar-refractivity contribution in [3.8, 4) is 11.8 Å². The molecule has 3 aromatic rings. The lowest BCUT2D eigenvalue weighted by atomic mass is 10.0. The van der Waals surface area contributed by atoms with Gasteiger partial charge in [-0.3, -0.25) is 0 Å². The summed E-state index contributed by atoms with van der Waals surface area (Å²) in [4.78, 5) is 0. The van der Waals surface area contributed by atoms with E-state index < -0.39 is 0 Å². The predicted molar refractivity (Wildman–Crippen MR) is 115 cm³/mol. The highest BCUT2D eigenvalue weighted by Crippen LogP contribution is 2.28. The molecule has 4 heteroatoms. The summed E-state index contributed by atoms with van der Waals surface area (Å²) in [6.45, 7) is 2.45. The van der Waals surface area contributed by atoms with E-state index in [1.807, 2.05) is 79.7 Å². The van der Waals surface area contributed by atoms with E-state index in [4.69, 9.17) is 16.3 Å². The van der Waals surface area contributed by atoms with Crippen LogP contribution in [0.2, 0.25) is 5.02 Å². The number of halogens is 2. The molecule has 0 aromatic heterocycles. The highest BCUT2D eigenvalue weighted by Gasteiger charge is 2.07. The van der Waals surface area contributed by atoms with Gasteiger partial charge in [-0.2, -0.15) is 5.26 Å². The Bertz CT molecular complexity index is 1000. The summed E-state index contributed by atoms with van der Waals surface area (Å²) in [5.74, 6) is 0.716. The normalized spacial score (nSPS) is 11.1. The Balaban J connectivity index is 1.89. The van der Waals surface area contributed by atoms with Crippen molar-refractivity contribution in [1.82, 2.24) is 0 Å². The molecule has 27 heavy (non-hydrogen) atoms. The van der Waals surface area contributed by atoms with Crippen LogP contribution in [0.3, 0.4) is 0 Å². The van der Waals surface area contributed by atoms with Crippen LogP contribution in [-0.4, -0.2) is 0 Å². The van der Waals surface area contributed by atoms with Gasteiger partial charge >= 0.3 is 0 Å². The molecule has 0 heterocycles. The van der Waals surface area contributed by atoms with Gasteiger partial charge in [0.25, 0.3) is 0 Å². The Morgan fingerprint density at radius 2 is 1.78 bits per heavy atom. The third kappa shape index (κ3) is 5.23. The summed E-state index contributed by atoms with van der Waals surface area (Å²) in [5.41, 5.74) is 4.49. The fourth-order valence-electron chi connectivity index (χ4n) is 2.57. The average molecular weight is 439 g/mol. The third-order valence-corrected chi connectivity index (χ3v) is 4.81. The highest BCUT2D eigenvalue weighted by molar-refractivity contribution is 9.10. The minimum Gasteiger partial charge on any atom is -0.488 e. The van der Waals surface area contributed by atoms with Crippen LogP contribution in [0.5, 0.6) is 5.75 Å². The molecule has 0 aliphatic heterocycles. The first kappa shape index (κ1) is 19.2. The molecule has 0 radical (unpaired) electrons. The molecule has 0 saturated heterocycles. The minimum absolute atomic E-state index is 0.423. The van der Waals surface area contributed by atoms with E-state index in [2.05, 4.69) is 22.0 Å². The Kier molecular flexibility index (Phi) is 6.34. The van der Waals surface area contributed by atoms with Crippen LogP contribution in [-0.2, 0) is 6.61 Å². The molecular formula is C23H17BrClNO. The van der Waals surface area contributed by atoms with Crippen LogP contribution >= 0.6 is 27.5 Å². The Labute approximate surface area is 172 Å². The standard InChI is InChI=1S/C23H17BrClNO/c1-16-2-6-18(7-3-16)20(14-26)12-19-13-21(24)8-11-23(19)27-15-17-4-9-22(25)10-5-17/h2-13H,15H2,1H3/b20-12+. The lowest BCUT2D eigenvalue weighted by molar-refractivity contribution is 0.305. The second-order valence-corrected chi connectivity index (χ2v) is 7.49. The fourth-order valence-corrected chi connectivity index (χ4v) is 3.08. The smallest absolute Gasteiger partial charge is 0.127 e. The largest absolute Gasteiger partial charge is 0.488 e. The van der Waals surface area contributed by atoms with Gasteiger partial charge in [-0.05, 0) is 54.5 Å². The van der Waals surface area contributed by atoms with Crippen LogP contribution in [0.25, 0.3) is 11.6 Å². The van der Waals surface area contributed by atoms with Crippen molar-refractivity contribution in [2.75, 3.05) is 0 Å². The summed E-state index contributed by atoms with van der Waals surface area (Å²) >= 11 is 9.42. The van der Waals surface area contributed by atoms with Crippen molar-refractivity contribution < 1.29 is 4.74 Å². The molecule has 3 aromatic carbocycles. The molecule has 0 N–H and O–H groups in total. The van der Waals surface area contributed by atoms with Crippen LogP contribution in [0.4, 0.5) is 0 Å². The maximum Gasteiger partial charge on any atom is 0.127 e. The molecule has 134 valence electrons. The zero-order chi connectivity index (χ0) is 19.2.